The van der Waals surface area contributed by atoms with Gasteiger partial charge in [0.2, 0.25) is 0 Å². The minimum Gasteiger partial charge on any atom is -0.399 e. The molecule has 1 aromatic rings. The van der Waals surface area contributed by atoms with Crippen LogP contribution in [0.3, 0.4) is 0 Å². The van der Waals surface area contributed by atoms with Crippen LogP contribution in [-0.2, 0) is 0 Å². The maximum Gasteiger partial charge on any atom is 0.251 e. The Morgan fingerprint density at radius 3 is 2.65 bits per heavy atom. The lowest BCUT2D eigenvalue weighted by Crippen LogP contribution is -2.47. The monoisotopic (exact) mass is 274 g/mol. The predicted molar refractivity (Wildman–Crippen MR) is 80.4 cm³/mol. The Labute approximate surface area is 119 Å². The zero-order valence-corrected chi connectivity index (χ0v) is 11.6. The summed E-state index contributed by atoms with van der Waals surface area (Å²) in [5, 5.41) is 3.13. The van der Waals surface area contributed by atoms with Gasteiger partial charge in [0.1, 0.15) is 0 Å². The van der Waals surface area contributed by atoms with Crippen molar-refractivity contribution in [1.29, 1.82) is 0 Å². The van der Waals surface area contributed by atoms with Crippen molar-refractivity contribution in [1.82, 2.24) is 10.2 Å². The highest BCUT2D eigenvalue weighted by molar-refractivity contribution is 5.96. The first-order chi connectivity index (χ1) is 9.61. The first-order valence-electron chi connectivity index (χ1n) is 7.33. The minimum atomic E-state index is -0.0690. The van der Waals surface area contributed by atoms with Crippen molar-refractivity contribution >= 4 is 17.3 Å². The van der Waals surface area contributed by atoms with E-state index in [2.05, 4.69) is 10.2 Å². The standard InChI is InChI=1S/C15H22N4O/c16-11-6-10(7-12(17)8-11)15(20)18-13-3-5-19-4-1-2-14(19)9-13/h6-8,13-14H,1-5,9,16-17H2,(H,18,20). The summed E-state index contributed by atoms with van der Waals surface area (Å²) in [6.45, 7) is 2.31. The second kappa shape index (κ2) is 5.32. The Balaban J connectivity index is 1.64. The van der Waals surface area contributed by atoms with Crippen molar-refractivity contribution < 1.29 is 4.79 Å². The SMILES string of the molecule is Nc1cc(N)cc(C(=O)NC2CCN3CCCC3C2)c1. The Morgan fingerprint density at radius 1 is 1.15 bits per heavy atom. The van der Waals surface area contributed by atoms with Gasteiger partial charge in [-0.1, -0.05) is 0 Å². The maximum atomic E-state index is 12.3. The molecule has 2 heterocycles. The highest BCUT2D eigenvalue weighted by Gasteiger charge is 2.32. The molecule has 0 radical (unpaired) electrons. The molecular formula is C15H22N4O. The molecule has 2 aliphatic rings. The van der Waals surface area contributed by atoms with Crippen molar-refractivity contribution in [2.24, 2.45) is 0 Å². The van der Waals surface area contributed by atoms with Crippen LogP contribution >= 0.6 is 0 Å². The fraction of sp³-hybridized carbons (Fsp3) is 0.533. The van der Waals surface area contributed by atoms with Gasteiger partial charge in [-0.05, 0) is 50.4 Å². The molecule has 108 valence electrons. The number of amides is 1. The van der Waals surface area contributed by atoms with Crippen LogP contribution in [0.2, 0.25) is 0 Å². The van der Waals surface area contributed by atoms with Crippen LogP contribution in [-0.4, -0.2) is 36.0 Å². The number of hydrogen-bond donors (Lipinski definition) is 3. The Kier molecular flexibility index (Phi) is 3.53. The predicted octanol–water partition coefficient (Wildman–Crippen LogP) is 1.21. The minimum absolute atomic E-state index is 0.0690. The van der Waals surface area contributed by atoms with Gasteiger partial charge in [0.25, 0.3) is 5.91 Å². The molecule has 0 spiro atoms. The van der Waals surface area contributed by atoms with Gasteiger partial charge in [-0.25, -0.2) is 0 Å². The molecule has 0 saturated carbocycles. The number of nitrogen functional groups attached to an aromatic ring is 2. The number of fused-ring (bicyclic) bond motifs is 1. The van der Waals surface area contributed by atoms with Gasteiger partial charge < -0.3 is 21.7 Å². The van der Waals surface area contributed by atoms with Crippen LogP contribution in [0.5, 0.6) is 0 Å². The fourth-order valence-corrected chi connectivity index (χ4v) is 3.43. The van der Waals surface area contributed by atoms with E-state index in [-0.39, 0.29) is 11.9 Å². The topological polar surface area (TPSA) is 84.4 Å². The quantitative estimate of drug-likeness (QED) is 0.708. The zero-order chi connectivity index (χ0) is 14.1. The number of benzene rings is 1. The zero-order valence-electron chi connectivity index (χ0n) is 11.6. The third-order valence-corrected chi connectivity index (χ3v) is 4.40. The average molecular weight is 274 g/mol. The van der Waals surface area contributed by atoms with Gasteiger partial charge in [-0.3, -0.25) is 4.79 Å². The lowest BCUT2D eigenvalue weighted by atomic mass is 9.97. The van der Waals surface area contributed by atoms with Crippen molar-refractivity contribution in [2.45, 2.75) is 37.8 Å². The molecule has 5 heteroatoms. The van der Waals surface area contributed by atoms with Crippen LogP contribution in [0.25, 0.3) is 0 Å². The fourth-order valence-electron chi connectivity index (χ4n) is 3.43. The van der Waals surface area contributed by atoms with Gasteiger partial charge in [0.05, 0.1) is 0 Å². The van der Waals surface area contributed by atoms with Crippen molar-refractivity contribution in [3.63, 3.8) is 0 Å². The van der Waals surface area contributed by atoms with E-state index in [1.54, 1.807) is 18.2 Å². The number of piperidine rings is 1. The lowest BCUT2D eigenvalue weighted by Gasteiger charge is -2.35. The molecule has 0 bridgehead atoms. The van der Waals surface area contributed by atoms with Crippen LogP contribution in [0.4, 0.5) is 11.4 Å². The summed E-state index contributed by atoms with van der Waals surface area (Å²) in [6, 6.07) is 5.94. The number of nitrogens with zero attached hydrogens (tertiary/aromatic N) is 1. The molecule has 5 N–H and O–H groups in total. The van der Waals surface area contributed by atoms with E-state index >= 15 is 0 Å². The Bertz CT molecular complexity index is 496. The van der Waals surface area contributed by atoms with E-state index in [0.717, 1.165) is 19.4 Å². The van der Waals surface area contributed by atoms with Crippen LogP contribution < -0.4 is 16.8 Å². The van der Waals surface area contributed by atoms with Gasteiger partial charge in [-0.15, -0.1) is 0 Å². The van der Waals surface area contributed by atoms with E-state index in [4.69, 9.17) is 11.5 Å². The summed E-state index contributed by atoms with van der Waals surface area (Å²) in [6.07, 6.45) is 4.64. The molecule has 20 heavy (non-hydrogen) atoms. The summed E-state index contributed by atoms with van der Waals surface area (Å²) in [7, 11) is 0. The average Bonchev–Trinajstić information content (AvgIpc) is 2.85. The first-order valence-corrected chi connectivity index (χ1v) is 7.33. The number of nitrogens with two attached hydrogens (primary N) is 2. The van der Waals surface area contributed by atoms with Gasteiger partial charge >= 0.3 is 0 Å². The smallest absolute Gasteiger partial charge is 0.251 e. The lowest BCUT2D eigenvalue weighted by molar-refractivity contribution is 0.0896. The molecule has 2 aliphatic heterocycles. The maximum absolute atomic E-state index is 12.3. The van der Waals surface area contributed by atoms with Crippen molar-refractivity contribution in [3.05, 3.63) is 23.8 Å². The summed E-state index contributed by atoms with van der Waals surface area (Å²) in [5.74, 6) is -0.0690. The van der Waals surface area contributed by atoms with Crippen molar-refractivity contribution in [2.75, 3.05) is 24.6 Å². The molecular weight excluding hydrogens is 252 g/mol. The second-order valence-corrected chi connectivity index (χ2v) is 5.92. The molecule has 2 unspecified atom stereocenters. The third kappa shape index (κ3) is 2.72. The molecule has 3 rings (SSSR count). The molecule has 0 aromatic heterocycles. The van der Waals surface area contributed by atoms with Crippen LogP contribution in [0.15, 0.2) is 18.2 Å². The van der Waals surface area contributed by atoms with Gasteiger partial charge in [0.15, 0.2) is 0 Å². The number of carbonyl (C=O) groups excluding carboxylic acids is 1. The number of carbonyl (C=O) groups is 1. The summed E-state index contributed by atoms with van der Waals surface area (Å²) < 4.78 is 0. The van der Waals surface area contributed by atoms with E-state index in [9.17, 15) is 4.79 Å². The van der Waals surface area contributed by atoms with Gasteiger partial charge in [0, 0.05) is 35.6 Å². The van der Waals surface area contributed by atoms with E-state index in [1.807, 2.05) is 0 Å². The summed E-state index contributed by atoms with van der Waals surface area (Å²) in [4.78, 5) is 14.8. The first kappa shape index (κ1) is 13.2. The molecule has 2 saturated heterocycles. The van der Waals surface area contributed by atoms with E-state index in [1.165, 1.54) is 19.4 Å². The van der Waals surface area contributed by atoms with Crippen LogP contribution in [0.1, 0.15) is 36.0 Å². The third-order valence-electron chi connectivity index (χ3n) is 4.40. The van der Waals surface area contributed by atoms with Crippen LogP contribution in [0, 0.1) is 0 Å². The Hall–Kier alpha value is -1.75. The van der Waals surface area contributed by atoms with Gasteiger partial charge in [-0.2, -0.15) is 0 Å². The number of hydrogen-bond acceptors (Lipinski definition) is 4. The summed E-state index contributed by atoms with van der Waals surface area (Å²) >= 11 is 0. The molecule has 0 aliphatic carbocycles. The molecule has 5 nitrogen and oxygen atoms in total. The molecule has 1 aromatic carbocycles. The largest absolute Gasteiger partial charge is 0.399 e. The van der Waals surface area contributed by atoms with E-state index < -0.39 is 0 Å². The number of anilines is 2. The number of nitrogens with one attached hydrogen (secondary N) is 1. The molecule has 2 atom stereocenters. The highest BCUT2D eigenvalue weighted by atomic mass is 16.1. The summed E-state index contributed by atoms with van der Waals surface area (Å²) in [5.41, 5.74) is 13.1. The molecule has 1 amide bonds. The Morgan fingerprint density at radius 2 is 1.90 bits per heavy atom. The van der Waals surface area contributed by atoms with Crippen molar-refractivity contribution in [3.8, 4) is 0 Å². The highest BCUT2D eigenvalue weighted by Crippen LogP contribution is 2.27. The van der Waals surface area contributed by atoms with E-state index in [0.29, 0.717) is 23.0 Å². The second-order valence-electron chi connectivity index (χ2n) is 5.92. The molecule has 2 fully saturated rings. The number of rotatable bonds is 2. The normalized spacial score (nSPS) is 26.2.